The number of ether oxygens (including phenoxy) is 1. The summed E-state index contributed by atoms with van der Waals surface area (Å²) in [6, 6.07) is 16.6. The molecule has 1 saturated heterocycles. The number of hydrogen-bond acceptors (Lipinski definition) is 5. The van der Waals surface area contributed by atoms with Crippen molar-refractivity contribution in [1.29, 1.82) is 5.26 Å². The number of nitrogens with zero attached hydrogens (tertiary/aromatic N) is 3. The van der Waals surface area contributed by atoms with Gasteiger partial charge in [0.25, 0.3) is 0 Å². The van der Waals surface area contributed by atoms with E-state index in [0.29, 0.717) is 24.5 Å². The van der Waals surface area contributed by atoms with Gasteiger partial charge in [-0.15, -0.1) is 0 Å². The number of morpholine rings is 1. The first kappa shape index (κ1) is 20.4. The predicted molar refractivity (Wildman–Crippen MR) is 112 cm³/mol. The van der Waals surface area contributed by atoms with Crippen LogP contribution in [0.3, 0.4) is 0 Å². The zero-order chi connectivity index (χ0) is 20.6. The van der Waals surface area contributed by atoms with E-state index in [4.69, 9.17) is 10.00 Å². The van der Waals surface area contributed by atoms with Gasteiger partial charge < -0.3 is 19.9 Å². The Bertz CT molecular complexity index is 916. The Morgan fingerprint density at radius 2 is 1.83 bits per heavy atom. The van der Waals surface area contributed by atoms with Crippen LogP contribution in [0.2, 0.25) is 0 Å². The maximum absolute atomic E-state index is 12.4. The summed E-state index contributed by atoms with van der Waals surface area (Å²) in [6.07, 6.45) is 0.122. The Morgan fingerprint density at radius 1 is 1.14 bits per heavy atom. The molecule has 2 aromatic carbocycles. The van der Waals surface area contributed by atoms with Crippen molar-refractivity contribution in [3.05, 3.63) is 54.1 Å². The van der Waals surface area contributed by atoms with Crippen LogP contribution in [0.5, 0.6) is 0 Å². The standard InChI is InChI=1S/C22H24N4O3/c1-17(27)26(11-10-22(28)24-19-7-3-2-6-18(19)16-23)21-9-5-4-8-20(21)25-12-14-29-15-13-25/h2-9H,10-15H2,1H3,(H,24,28). The Labute approximate surface area is 170 Å². The summed E-state index contributed by atoms with van der Waals surface area (Å²) >= 11 is 0. The van der Waals surface area contributed by atoms with Crippen molar-refractivity contribution >= 4 is 28.9 Å². The van der Waals surface area contributed by atoms with Gasteiger partial charge in [-0.25, -0.2) is 0 Å². The van der Waals surface area contributed by atoms with Crippen LogP contribution in [-0.4, -0.2) is 44.7 Å². The molecule has 0 saturated carbocycles. The van der Waals surface area contributed by atoms with Gasteiger partial charge in [0, 0.05) is 33.0 Å². The first-order valence-corrected chi connectivity index (χ1v) is 9.59. The molecule has 0 bridgehead atoms. The summed E-state index contributed by atoms with van der Waals surface area (Å²) in [5.74, 6) is -0.376. The van der Waals surface area contributed by atoms with Crippen molar-refractivity contribution in [2.24, 2.45) is 0 Å². The molecule has 1 fully saturated rings. The molecule has 0 spiro atoms. The van der Waals surface area contributed by atoms with Gasteiger partial charge in [0.15, 0.2) is 0 Å². The number of benzene rings is 2. The molecule has 1 heterocycles. The molecule has 7 heteroatoms. The van der Waals surface area contributed by atoms with Crippen LogP contribution in [0.4, 0.5) is 17.1 Å². The number of carbonyl (C=O) groups is 2. The Balaban J connectivity index is 1.72. The lowest BCUT2D eigenvalue weighted by atomic mass is 10.2. The van der Waals surface area contributed by atoms with Gasteiger partial charge in [0.1, 0.15) is 6.07 Å². The fourth-order valence-electron chi connectivity index (χ4n) is 3.33. The van der Waals surface area contributed by atoms with Crippen LogP contribution < -0.4 is 15.1 Å². The molecule has 1 N–H and O–H groups in total. The quantitative estimate of drug-likeness (QED) is 0.817. The second-order valence-electron chi connectivity index (χ2n) is 6.71. The lowest BCUT2D eigenvalue weighted by Crippen LogP contribution is -2.39. The van der Waals surface area contributed by atoms with E-state index in [1.807, 2.05) is 24.3 Å². The smallest absolute Gasteiger partial charge is 0.226 e. The lowest BCUT2D eigenvalue weighted by Gasteiger charge is -2.33. The molecule has 0 aliphatic carbocycles. The molecule has 0 radical (unpaired) electrons. The van der Waals surface area contributed by atoms with Crippen LogP contribution in [0.1, 0.15) is 18.9 Å². The Morgan fingerprint density at radius 3 is 2.55 bits per heavy atom. The summed E-state index contributed by atoms with van der Waals surface area (Å²) < 4.78 is 5.43. The van der Waals surface area contributed by atoms with Crippen molar-refractivity contribution < 1.29 is 14.3 Å². The van der Waals surface area contributed by atoms with Crippen molar-refractivity contribution in [1.82, 2.24) is 0 Å². The van der Waals surface area contributed by atoms with E-state index in [1.165, 1.54) is 6.92 Å². The van der Waals surface area contributed by atoms with Crippen LogP contribution in [-0.2, 0) is 14.3 Å². The van der Waals surface area contributed by atoms with Crippen LogP contribution in [0.15, 0.2) is 48.5 Å². The average molecular weight is 392 g/mol. The maximum Gasteiger partial charge on any atom is 0.226 e. The molecule has 7 nitrogen and oxygen atoms in total. The Hall–Kier alpha value is -3.37. The van der Waals surface area contributed by atoms with Crippen LogP contribution >= 0.6 is 0 Å². The topological polar surface area (TPSA) is 85.7 Å². The number of anilines is 3. The van der Waals surface area contributed by atoms with Crippen molar-refractivity contribution in [3.63, 3.8) is 0 Å². The zero-order valence-corrected chi connectivity index (χ0v) is 16.4. The first-order chi connectivity index (χ1) is 14.1. The summed E-state index contributed by atoms with van der Waals surface area (Å²) in [6.45, 7) is 4.56. The monoisotopic (exact) mass is 392 g/mol. The van der Waals surface area contributed by atoms with Crippen LogP contribution in [0.25, 0.3) is 0 Å². The summed E-state index contributed by atoms with van der Waals surface area (Å²) in [4.78, 5) is 28.6. The third-order valence-corrected chi connectivity index (χ3v) is 4.79. The van der Waals surface area contributed by atoms with E-state index in [1.54, 1.807) is 29.2 Å². The zero-order valence-electron chi connectivity index (χ0n) is 16.4. The number of para-hydroxylation sites is 3. The number of carbonyl (C=O) groups excluding carboxylic acids is 2. The lowest BCUT2D eigenvalue weighted by molar-refractivity contribution is -0.117. The highest BCUT2D eigenvalue weighted by atomic mass is 16.5. The minimum absolute atomic E-state index is 0.122. The highest BCUT2D eigenvalue weighted by molar-refractivity contribution is 5.97. The van der Waals surface area contributed by atoms with Gasteiger partial charge in [-0.2, -0.15) is 5.26 Å². The van der Waals surface area contributed by atoms with Crippen molar-refractivity contribution in [2.75, 3.05) is 48.0 Å². The van der Waals surface area contributed by atoms with E-state index >= 15 is 0 Å². The van der Waals surface area contributed by atoms with Gasteiger partial charge in [-0.05, 0) is 24.3 Å². The minimum atomic E-state index is -0.247. The number of hydrogen-bond donors (Lipinski definition) is 1. The number of amides is 2. The molecular formula is C22H24N4O3. The van der Waals surface area contributed by atoms with E-state index in [-0.39, 0.29) is 24.8 Å². The van der Waals surface area contributed by atoms with Crippen LogP contribution in [0, 0.1) is 11.3 Å². The SMILES string of the molecule is CC(=O)N(CCC(=O)Nc1ccccc1C#N)c1ccccc1N1CCOCC1. The molecule has 29 heavy (non-hydrogen) atoms. The molecule has 150 valence electrons. The van der Waals surface area contributed by atoms with Crippen molar-refractivity contribution in [3.8, 4) is 6.07 Å². The van der Waals surface area contributed by atoms with E-state index in [2.05, 4.69) is 16.3 Å². The third kappa shape index (κ3) is 5.12. The molecule has 1 aliphatic heterocycles. The molecular weight excluding hydrogens is 368 g/mol. The second-order valence-corrected chi connectivity index (χ2v) is 6.71. The van der Waals surface area contributed by atoms with Gasteiger partial charge in [-0.1, -0.05) is 24.3 Å². The van der Waals surface area contributed by atoms with Gasteiger partial charge in [0.05, 0.1) is 35.8 Å². The first-order valence-electron chi connectivity index (χ1n) is 9.59. The van der Waals surface area contributed by atoms with Gasteiger partial charge >= 0.3 is 0 Å². The van der Waals surface area contributed by atoms with E-state index < -0.39 is 0 Å². The molecule has 1 aliphatic rings. The van der Waals surface area contributed by atoms with E-state index in [0.717, 1.165) is 24.5 Å². The van der Waals surface area contributed by atoms with Gasteiger partial charge in [-0.3, -0.25) is 9.59 Å². The molecule has 2 aromatic rings. The maximum atomic E-state index is 12.4. The largest absolute Gasteiger partial charge is 0.378 e. The average Bonchev–Trinajstić information content (AvgIpc) is 2.75. The predicted octanol–water partition coefficient (Wildman–Crippen LogP) is 2.78. The van der Waals surface area contributed by atoms with Gasteiger partial charge in [0.2, 0.25) is 11.8 Å². The molecule has 0 aromatic heterocycles. The molecule has 3 rings (SSSR count). The fraction of sp³-hybridized carbons (Fsp3) is 0.318. The van der Waals surface area contributed by atoms with Crippen molar-refractivity contribution in [2.45, 2.75) is 13.3 Å². The third-order valence-electron chi connectivity index (χ3n) is 4.79. The minimum Gasteiger partial charge on any atom is -0.378 e. The number of nitrogens with one attached hydrogen (secondary N) is 1. The summed E-state index contributed by atoms with van der Waals surface area (Å²) in [5.41, 5.74) is 2.62. The highest BCUT2D eigenvalue weighted by Crippen LogP contribution is 2.30. The number of nitriles is 1. The highest BCUT2D eigenvalue weighted by Gasteiger charge is 2.21. The Kier molecular flexibility index (Phi) is 6.82. The second kappa shape index (κ2) is 9.71. The molecule has 0 atom stereocenters. The fourth-order valence-corrected chi connectivity index (χ4v) is 3.33. The summed E-state index contributed by atoms with van der Waals surface area (Å²) in [5, 5.41) is 11.9. The van der Waals surface area contributed by atoms with E-state index in [9.17, 15) is 9.59 Å². The number of rotatable bonds is 6. The normalized spacial score (nSPS) is 13.4. The summed E-state index contributed by atoms with van der Waals surface area (Å²) in [7, 11) is 0. The molecule has 2 amide bonds. The molecule has 0 unspecified atom stereocenters.